The zero-order valence-electron chi connectivity index (χ0n) is 10.3. The molecule has 0 radical (unpaired) electrons. The highest BCUT2D eigenvalue weighted by Crippen LogP contribution is 2.24. The Bertz CT molecular complexity index is 519. The molecule has 0 amide bonds. The minimum absolute atomic E-state index is 0.0285. The SMILES string of the molecule is Cc1nc(C(NN)c2ccc(C)c(C)c2)cs1. The molecule has 0 spiro atoms. The van der Waals surface area contributed by atoms with Gasteiger partial charge in [0.15, 0.2) is 0 Å². The van der Waals surface area contributed by atoms with Crippen LogP contribution in [0.1, 0.15) is 33.4 Å². The Kier molecular flexibility index (Phi) is 3.57. The first-order valence-electron chi connectivity index (χ1n) is 5.57. The molecule has 4 heteroatoms. The van der Waals surface area contributed by atoms with Crippen molar-refractivity contribution in [3.63, 3.8) is 0 Å². The number of nitrogens with two attached hydrogens (primary N) is 1. The minimum atomic E-state index is -0.0285. The molecule has 17 heavy (non-hydrogen) atoms. The average Bonchev–Trinajstić information content (AvgIpc) is 2.71. The zero-order chi connectivity index (χ0) is 12.4. The second-order valence-corrected chi connectivity index (χ2v) is 5.30. The molecule has 1 aromatic carbocycles. The Morgan fingerprint density at radius 2 is 2.00 bits per heavy atom. The molecule has 0 fully saturated rings. The fraction of sp³-hybridized carbons (Fsp3) is 0.308. The molecule has 2 aromatic rings. The highest BCUT2D eigenvalue weighted by molar-refractivity contribution is 7.09. The molecule has 0 bridgehead atoms. The molecule has 0 aliphatic carbocycles. The van der Waals surface area contributed by atoms with E-state index in [9.17, 15) is 0 Å². The van der Waals surface area contributed by atoms with Crippen LogP contribution in [-0.4, -0.2) is 4.98 Å². The van der Waals surface area contributed by atoms with Crippen LogP contribution in [-0.2, 0) is 0 Å². The van der Waals surface area contributed by atoms with Crippen molar-refractivity contribution in [3.8, 4) is 0 Å². The lowest BCUT2D eigenvalue weighted by molar-refractivity contribution is 0.622. The Labute approximate surface area is 106 Å². The summed E-state index contributed by atoms with van der Waals surface area (Å²) in [5, 5.41) is 3.11. The third-order valence-electron chi connectivity index (χ3n) is 2.96. The van der Waals surface area contributed by atoms with E-state index in [-0.39, 0.29) is 6.04 Å². The van der Waals surface area contributed by atoms with Crippen LogP contribution < -0.4 is 11.3 Å². The topological polar surface area (TPSA) is 50.9 Å². The fourth-order valence-corrected chi connectivity index (χ4v) is 2.45. The van der Waals surface area contributed by atoms with Gasteiger partial charge < -0.3 is 0 Å². The van der Waals surface area contributed by atoms with Gasteiger partial charge in [0.1, 0.15) is 0 Å². The first-order valence-corrected chi connectivity index (χ1v) is 6.45. The number of aromatic nitrogens is 1. The molecule has 0 aliphatic heterocycles. The van der Waals surface area contributed by atoms with E-state index in [4.69, 9.17) is 5.84 Å². The smallest absolute Gasteiger partial charge is 0.0898 e. The number of aryl methyl sites for hydroxylation is 3. The summed E-state index contributed by atoms with van der Waals surface area (Å²) < 4.78 is 0. The molecular weight excluding hydrogens is 230 g/mol. The minimum Gasteiger partial charge on any atom is -0.271 e. The molecule has 3 N–H and O–H groups in total. The van der Waals surface area contributed by atoms with Crippen LogP contribution in [0.3, 0.4) is 0 Å². The highest BCUT2D eigenvalue weighted by atomic mass is 32.1. The Balaban J connectivity index is 2.38. The number of rotatable bonds is 3. The summed E-state index contributed by atoms with van der Waals surface area (Å²) in [5.41, 5.74) is 7.54. The van der Waals surface area contributed by atoms with Crippen LogP contribution in [0.4, 0.5) is 0 Å². The maximum atomic E-state index is 5.65. The van der Waals surface area contributed by atoms with Gasteiger partial charge in [-0.3, -0.25) is 5.84 Å². The van der Waals surface area contributed by atoms with Gasteiger partial charge in [-0.2, -0.15) is 0 Å². The summed E-state index contributed by atoms with van der Waals surface area (Å²) in [6, 6.07) is 6.35. The van der Waals surface area contributed by atoms with E-state index in [1.54, 1.807) is 11.3 Å². The number of hydrogen-bond donors (Lipinski definition) is 2. The predicted molar refractivity (Wildman–Crippen MR) is 71.9 cm³/mol. The normalized spacial score (nSPS) is 12.7. The molecule has 0 saturated carbocycles. The fourth-order valence-electron chi connectivity index (χ4n) is 1.81. The Morgan fingerprint density at radius 3 is 2.53 bits per heavy atom. The van der Waals surface area contributed by atoms with Gasteiger partial charge in [0, 0.05) is 5.38 Å². The average molecular weight is 247 g/mol. The summed E-state index contributed by atoms with van der Waals surface area (Å²) >= 11 is 1.64. The van der Waals surface area contributed by atoms with E-state index in [0.717, 1.165) is 16.3 Å². The molecule has 2 rings (SSSR count). The lowest BCUT2D eigenvalue weighted by Gasteiger charge is -2.15. The number of nitrogens with zero attached hydrogens (tertiary/aromatic N) is 1. The van der Waals surface area contributed by atoms with Gasteiger partial charge in [0.2, 0.25) is 0 Å². The highest BCUT2D eigenvalue weighted by Gasteiger charge is 2.15. The van der Waals surface area contributed by atoms with Gasteiger partial charge in [-0.15, -0.1) is 11.3 Å². The summed E-state index contributed by atoms with van der Waals surface area (Å²) in [7, 11) is 0. The van der Waals surface area contributed by atoms with E-state index in [2.05, 4.69) is 47.8 Å². The first kappa shape index (κ1) is 12.2. The van der Waals surface area contributed by atoms with Crippen LogP contribution in [0.25, 0.3) is 0 Å². The van der Waals surface area contributed by atoms with Gasteiger partial charge in [-0.1, -0.05) is 18.2 Å². The van der Waals surface area contributed by atoms with Gasteiger partial charge in [0.25, 0.3) is 0 Å². The van der Waals surface area contributed by atoms with E-state index in [1.165, 1.54) is 11.1 Å². The van der Waals surface area contributed by atoms with Gasteiger partial charge in [-0.25, -0.2) is 10.4 Å². The first-order chi connectivity index (χ1) is 8.11. The van der Waals surface area contributed by atoms with E-state index in [0.29, 0.717) is 0 Å². The van der Waals surface area contributed by atoms with Crippen LogP contribution in [0.2, 0.25) is 0 Å². The van der Waals surface area contributed by atoms with E-state index < -0.39 is 0 Å². The van der Waals surface area contributed by atoms with Crippen molar-refractivity contribution < 1.29 is 0 Å². The van der Waals surface area contributed by atoms with Crippen LogP contribution >= 0.6 is 11.3 Å². The van der Waals surface area contributed by atoms with Crippen LogP contribution in [0.15, 0.2) is 23.6 Å². The molecule has 1 atom stereocenters. The lowest BCUT2D eigenvalue weighted by atomic mass is 10.00. The van der Waals surface area contributed by atoms with Crippen molar-refractivity contribution in [3.05, 3.63) is 51.0 Å². The summed E-state index contributed by atoms with van der Waals surface area (Å²) in [6.45, 7) is 6.22. The zero-order valence-corrected chi connectivity index (χ0v) is 11.1. The third kappa shape index (κ3) is 2.54. The molecule has 1 aromatic heterocycles. The number of thiazole rings is 1. The third-order valence-corrected chi connectivity index (χ3v) is 3.76. The molecule has 0 aliphatic rings. The van der Waals surface area contributed by atoms with Crippen molar-refractivity contribution in [2.45, 2.75) is 26.8 Å². The van der Waals surface area contributed by atoms with E-state index in [1.807, 2.05) is 6.92 Å². The molecular formula is C13H17N3S. The van der Waals surface area contributed by atoms with Crippen molar-refractivity contribution in [1.82, 2.24) is 10.4 Å². The summed E-state index contributed by atoms with van der Waals surface area (Å²) in [5.74, 6) is 5.65. The van der Waals surface area contributed by atoms with Crippen molar-refractivity contribution in [1.29, 1.82) is 0 Å². The molecule has 3 nitrogen and oxygen atoms in total. The predicted octanol–water partition coefficient (Wildman–Crippen LogP) is 2.62. The van der Waals surface area contributed by atoms with Crippen LogP contribution in [0.5, 0.6) is 0 Å². The standard InChI is InChI=1S/C13H17N3S/c1-8-4-5-11(6-9(8)2)13(16-14)12-7-17-10(3)15-12/h4-7,13,16H,14H2,1-3H3. The number of nitrogens with one attached hydrogen (secondary N) is 1. The summed E-state index contributed by atoms with van der Waals surface area (Å²) in [6.07, 6.45) is 0. The maximum Gasteiger partial charge on any atom is 0.0898 e. The number of benzene rings is 1. The van der Waals surface area contributed by atoms with Crippen molar-refractivity contribution in [2.75, 3.05) is 0 Å². The number of hydrazine groups is 1. The molecule has 1 unspecified atom stereocenters. The molecule has 0 saturated heterocycles. The largest absolute Gasteiger partial charge is 0.271 e. The van der Waals surface area contributed by atoms with Gasteiger partial charge >= 0.3 is 0 Å². The van der Waals surface area contributed by atoms with E-state index >= 15 is 0 Å². The van der Waals surface area contributed by atoms with Crippen molar-refractivity contribution in [2.24, 2.45) is 5.84 Å². The van der Waals surface area contributed by atoms with Gasteiger partial charge in [-0.05, 0) is 37.5 Å². The van der Waals surface area contributed by atoms with Crippen LogP contribution in [0, 0.1) is 20.8 Å². The monoisotopic (exact) mass is 247 g/mol. The second kappa shape index (κ2) is 4.96. The quantitative estimate of drug-likeness (QED) is 0.647. The second-order valence-electron chi connectivity index (χ2n) is 4.23. The number of hydrogen-bond acceptors (Lipinski definition) is 4. The Hall–Kier alpha value is -1.23. The summed E-state index contributed by atoms with van der Waals surface area (Å²) in [4.78, 5) is 4.49. The van der Waals surface area contributed by atoms with Gasteiger partial charge in [0.05, 0.1) is 16.7 Å². The molecule has 90 valence electrons. The Morgan fingerprint density at radius 1 is 1.24 bits per heavy atom. The lowest BCUT2D eigenvalue weighted by Crippen LogP contribution is -2.29. The molecule has 1 heterocycles. The van der Waals surface area contributed by atoms with Crippen molar-refractivity contribution >= 4 is 11.3 Å². The maximum absolute atomic E-state index is 5.65.